The lowest BCUT2D eigenvalue weighted by molar-refractivity contribution is 0.102. The van der Waals surface area contributed by atoms with Crippen molar-refractivity contribution in [3.05, 3.63) is 45.8 Å². The number of hydrogen-bond acceptors (Lipinski definition) is 5. The molecule has 0 unspecified atom stereocenters. The molecule has 98 valence electrons. The van der Waals surface area contributed by atoms with Crippen LogP contribution in [0, 0.1) is 0 Å². The summed E-state index contributed by atoms with van der Waals surface area (Å²) in [6.07, 6.45) is 2.70. The fraction of sp³-hybridized carbons (Fsp3) is 0. The van der Waals surface area contributed by atoms with Crippen LogP contribution in [0.15, 0.2) is 35.1 Å². The van der Waals surface area contributed by atoms with E-state index in [0.29, 0.717) is 21.0 Å². The molecule has 0 aliphatic rings. The normalized spacial score (nSPS) is 10.1. The molecular formula is C11H9BrClN5O. The number of nitrogens with one attached hydrogen (secondary N) is 2. The summed E-state index contributed by atoms with van der Waals surface area (Å²) in [7, 11) is 0. The largest absolute Gasteiger partial charge is 0.321 e. The van der Waals surface area contributed by atoms with Crippen molar-refractivity contribution in [3.8, 4) is 0 Å². The summed E-state index contributed by atoms with van der Waals surface area (Å²) in [4.78, 5) is 19.7. The number of halogens is 2. The van der Waals surface area contributed by atoms with Gasteiger partial charge in [0.15, 0.2) is 5.82 Å². The minimum atomic E-state index is -0.370. The first-order valence-corrected chi connectivity index (χ1v) is 6.32. The van der Waals surface area contributed by atoms with Crippen LogP contribution in [0.4, 0.5) is 11.5 Å². The van der Waals surface area contributed by atoms with E-state index in [4.69, 9.17) is 17.4 Å². The Labute approximate surface area is 122 Å². The number of amides is 1. The highest BCUT2D eigenvalue weighted by Crippen LogP contribution is 2.25. The zero-order valence-electron chi connectivity index (χ0n) is 9.52. The van der Waals surface area contributed by atoms with Gasteiger partial charge in [-0.2, -0.15) is 0 Å². The fourth-order valence-corrected chi connectivity index (χ4v) is 1.79. The minimum Gasteiger partial charge on any atom is -0.321 e. The lowest BCUT2D eigenvalue weighted by Gasteiger charge is -2.06. The number of nitrogens with two attached hydrogens (primary N) is 1. The SMILES string of the molecule is NNc1cnc(C(=O)Nc2ccc(Cl)c(Br)c2)cn1. The molecule has 1 heterocycles. The van der Waals surface area contributed by atoms with Gasteiger partial charge in [0.1, 0.15) is 5.69 Å². The highest BCUT2D eigenvalue weighted by molar-refractivity contribution is 9.10. The monoisotopic (exact) mass is 341 g/mol. The topological polar surface area (TPSA) is 92.9 Å². The van der Waals surface area contributed by atoms with Crippen LogP contribution >= 0.6 is 27.5 Å². The Bertz CT molecular complexity index is 605. The van der Waals surface area contributed by atoms with Crippen LogP contribution in [0.5, 0.6) is 0 Å². The average molecular weight is 343 g/mol. The van der Waals surface area contributed by atoms with E-state index in [-0.39, 0.29) is 11.6 Å². The van der Waals surface area contributed by atoms with E-state index in [1.165, 1.54) is 12.4 Å². The van der Waals surface area contributed by atoms with E-state index in [2.05, 4.69) is 36.6 Å². The van der Waals surface area contributed by atoms with Crippen molar-refractivity contribution < 1.29 is 4.79 Å². The van der Waals surface area contributed by atoms with E-state index < -0.39 is 0 Å². The Kier molecular flexibility index (Phi) is 4.31. The molecule has 0 radical (unpaired) electrons. The van der Waals surface area contributed by atoms with Crippen molar-refractivity contribution in [3.63, 3.8) is 0 Å². The average Bonchev–Trinajstić information content (AvgIpc) is 2.43. The number of anilines is 2. The van der Waals surface area contributed by atoms with E-state index in [9.17, 15) is 4.79 Å². The van der Waals surface area contributed by atoms with E-state index in [0.717, 1.165) is 0 Å². The summed E-state index contributed by atoms with van der Waals surface area (Å²) in [5.74, 6) is 5.17. The van der Waals surface area contributed by atoms with Crippen LogP contribution in [0.1, 0.15) is 10.5 Å². The molecule has 1 aromatic carbocycles. The molecule has 0 aliphatic carbocycles. The van der Waals surface area contributed by atoms with Crippen LogP contribution in [0.3, 0.4) is 0 Å². The molecule has 0 aliphatic heterocycles. The molecule has 1 aromatic heterocycles. The molecule has 0 saturated carbocycles. The lowest BCUT2D eigenvalue weighted by Crippen LogP contribution is -2.15. The second-order valence-corrected chi connectivity index (χ2v) is 4.78. The molecule has 0 saturated heterocycles. The van der Waals surface area contributed by atoms with Gasteiger partial charge in [0.05, 0.1) is 17.4 Å². The van der Waals surface area contributed by atoms with E-state index in [1.54, 1.807) is 18.2 Å². The molecule has 1 amide bonds. The Morgan fingerprint density at radius 3 is 2.68 bits per heavy atom. The Morgan fingerprint density at radius 2 is 2.11 bits per heavy atom. The minimum absolute atomic E-state index is 0.185. The van der Waals surface area contributed by atoms with Gasteiger partial charge in [-0.15, -0.1) is 0 Å². The maximum Gasteiger partial charge on any atom is 0.275 e. The van der Waals surface area contributed by atoms with Crippen molar-refractivity contribution in [2.24, 2.45) is 5.84 Å². The summed E-state index contributed by atoms with van der Waals surface area (Å²) in [5, 5.41) is 3.25. The number of nitrogens with zero attached hydrogens (tertiary/aromatic N) is 2. The molecule has 0 atom stereocenters. The third-order valence-corrected chi connectivity index (χ3v) is 3.42. The third-order valence-electron chi connectivity index (χ3n) is 2.21. The second-order valence-electron chi connectivity index (χ2n) is 3.51. The lowest BCUT2D eigenvalue weighted by atomic mass is 10.3. The van der Waals surface area contributed by atoms with E-state index in [1.807, 2.05) is 0 Å². The number of aromatic nitrogens is 2. The molecule has 4 N–H and O–H groups in total. The van der Waals surface area contributed by atoms with Crippen molar-refractivity contribution in [2.45, 2.75) is 0 Å². The molecule has 0 spiro atoms. The molecular weight excluding hydrogens is 334 g/mol. The Hall–Kier alpha value is -1.70. The van der Waals surface area contributed by atoms with Crippen molar-refractivity contribution in [1.82, 2.24) is 9.97 Å². The molecule has 0 fully saturated rings. The van der Waals surface area contributed by atoms with Crippen LogP contribution in [0.25, 0.3) is 0 Å². The molecule has 2 rings (SSSR count). The standard InChI is InChI=1S/C11H9BrClN5O/c12-7-3-6(1-2-8(7)13)17-11(19)9-4-16-10(18-14)5-15-9/h1-5H,14H2,(H,16,18)(H,17,19). The highest BCUT2D eigenvalue weighted by Gasteiger charge is 2.09. The van der Waals surface area contributed by atoms with Crippen LogP contribution in [-0.4, -0.2) is 15.9 Å². The summed E-state index contributed by atoms with van der Waals surface area (Å²) in [6, 6.07) is 5.06. The van der Waals surface area contributed by atoms with Gasteiger partial charge in [0, 0.05) is 10.2 Å². The summed E-state index contributed by atoms with van der Waals surface area (Å²) < 4.78 is 0.695. The molecule has 6 nitrogen and oxygen atoms in total. The van der Waals surface area contributed by atoms with Gasteiger partial charge in [-0.05, 0) is 34.1 Å². The predicted molar refractivity (Wildman–Crippen MR) is 76.9 cm³/mol. The van der Waals surface area contributed by atoms with Crippen molar-refractivity contribution in [2.75, 3.05) is 10.7 Å². The first kappa shape index (κ1) is 13.7. The zero-order valence-corrected chi connectivity index (χ0v) is 11.9. The van der Waals surface area contributed by atoms with Gasteiger partial charge in [-0.1, -0.05) is 11.6 Å². The quantitative estimate of drug-likeness (QED) is 0.588. The second kappa shape index (κ2) is 5.96. The zero-order chi connectivity index (χ0) is 13.8. The first-order chi connectivity index (χ1) is 9.10. The molecule has 8 heteroatoms. The first-order valence-electron chi connectivity index (χ1n) is 5.15. The predicted octanol–water partition coefficient (Wildman–Crippen LogP) is 2.43. The van der Waals surface area contributed by atoms with Crippen molar-refractivity contribution in [1.29, 1.82) is 0 Å². The van der Waals surface area contributed by atoms with Crippen LogP contribution in [-0.2, 0) is 0 Å². The number of nitrogen functional groups attached to an aromatic ring is 1. The van der Waals surface area contributed by atoms with Gasteiger partial charge in [0.25, 0.3) is 5.91 Å². The maximum absolute atomic E-state index is 11.9. The number of rotatable bonds is 3. The summed E-state index contributed by atoms with van der Waals surface area (Å²) in [6.45, 7) is 0. The van der Waals surface area contributed by atoms with Crippen molar-refractivity contribution >= 4 is 44.9 Å². The van der Waals surface area contributed by atoms with Crippen LogP contribution < -0.4 is 16.6 Å². The number of carbonyl (C=O) groups is 1. The van der Waals surface area contributed by atoms with E-state index >= 15 is 0 Å². The third kappa shape index (κ3) is 3.40. The summed E-state index contributed by atoms with van der Waals surface area (Å²) in [5.41, 5.74) is 3.12. The summed E-state index contributed by atoms with van der Waals surface area (Å²) >= 11 is 9.14. The van der Waals surface area contributed by atoms with Gasteiger partial charge in [-0.25, -0.2) is 15.8 Å². The molecule has 2 aromatic rings. The smallest absolute Gasteiger partial charge is 0.275 e. The van der Waals surface area contributed by atoms with Gasteiger partial charge in [0.2, 0.25) is 0 Å². The van der Waals surface area contributed by atoms with Gasteiger partial charge in [-0.3, -0.25) is 4.79 Å². The van der Waals surface area contributed by atoms with Gasteiger partial charge >= 0.3 is 0 Å². The highest BCUT2D eigenvalue weighted by atomic mass is 79.9. The fourth-order valence-electron chi connectivity index (χ4n) is 1.29. The maximum atomic E-state index is 11.9. The van der Waals surface area contributed by atoms with Gasteiger partial charge < -0.3 is 10.7 Å². The number of hydrazine groups is 1. The Balaban J connectivity index is 2.13. The van der Waals surface area contributed by atoms with Crippen LogP contribution in [0.2, 0.25) is 5.02 Å². The molecule has 19 heavy (non-hydrogen) atoms. The Morgan fingerprint density at radius 1 is 1.32 bits per heavy atom. The number of hydrogen-bond donors (Lipinski definition) is 3. The number of carbonyl (C=O) groups excluding carboxylic acids is 1. The molecule has 0 bridgehead atoms. The number of benzene rings is 1.